The normalized spacial score (nSPS) is 12.8. The summed E-state index contributed by atoms with van der Waals surface area (Å²) >= 11 is 0. The first kappa shape index (κ1) is 16.9. The Morgan fingerprint density at radius 1 is 0.800 bits per heavy atom. The van der Waals surface area contributed by atoms with Crippen LogP contribution in [0.3, 0.4) is 0 Å². The number of hydrogen-bond acceptors (Lipinski definition) is 4. The molecular weight excluding hydrogens is 334 g/mol. The van der Waals surface area contributed by atoms with Crippen LogP contribution in [0.15, 0.2) is 98.6 Å². The lowest BCUT2D eigenvalue weighted by Crippen LogP contribution is -1.97. The fourth-order valence-corrected chi connectivity index (χ4v) is 4.38. The quantitative estimate of drug-likeness (QED) is 0.442. The Morgan fingerprint density at radius 2 is 1.36 bits per heavy atom. The summed E-state index contributed by atoms with van der Waals surface area (Å²) in [5.74, 6) is 0. The van der Waals surface area contributed by atoms with Gasteiger partial charge in [0.2, 0.25) is 0 Å². The second-order valence-electron chi connectivity index (χ2n) is 5.41. The van der Waals surface area contributed by atoms with E-state index in [-0.39, 0.29) is 5.69 Å². The number of benzene rings is 3. The molecule has 0 aliphatic carbocycles. The van der Waals surface area contributed by atoms with Crippen molar-refractivity contribution in [2.75, 3.05) is 6.26 Å². The van der Waals surface area contributed by atoms with Gasteiger partial charge in [-0.1, -0.05) is 48.5 Å². The zero-order chi connectivity index (χ0) is 17.7. The van der Waals surface area contributed by atoms with Crippen molar-refractivity contribution >= 4 is 26.7 Å². The summed E-state index contributed by atoms with van der Waals surface area (Å²) in [7, 11) is -2.03. The van der Waals surface area contributed by atoms with Crippen LogP contribution < -0.4 is 0 Å². The third-order valence-electron chi connectivity index (χ3n) is 3.58. The molecule has 3 rings (SSSR count). The Balaban J connectivity index is 2.30. The highest BCUT2D eigenvalue weighted by molar-refractivity contribution is 7.95. The van der Waals surface area contributed by atoms with E-state index in [1.54, 1.807) is 18.2 Å². The maximum Gasteiger partial charge on any atom is 0.295 e. The van der Waals surface area contributed by atoms with Crippen LogP contribution in [0.2, 0.25) is 0 Å². The molecule has 0 heterocycles. The van der Waals surface area contributed by atoms with Crippen LogP contribution in [-0.2, 0) is 9.62 Å². The smallest absolute Gasteiger partial charge is 0.258 e. The number of hydrogen-bond donors (Lipinski definition) is 0. The summed E-state index contributed by atoms with van der Waals surface area (Å²) in [5, 5.41) is 11.3. The van der Waals surface area contributed by atoms with Crippen LogP contribution >= 0.6 is 0 Å². The van der Waals surface area contributed by atoms with Crippen LogP contribution in [0.4, 0.5) is 17.1 Å². The van der Waals surface area contributed by atoms with Crippen molar-refractivity contribution in [2.24, 2.45) is 8.73 Å². The molecule has 0 saturated carbocycles. The molecule has 0 saturated heterocycles. The van der Waals surface area contributed by atoms with Crippen LogP contribution in [-0.4, -0.2) is 11.2 Å². The Bertz CT molecular complexity index is 1010. The molecule has 3 aromatic rings. The molecule has 0 amide bonds. The summed E-state index contributed by atoms with van der Waals surface area (Å²) in [5.41, 5.74) is 1.13. The molecule has 1 atom stereocenters. The van der Waals surface area contributed by atoms with Gasteiger partial charge in [0.1, 0.15) is 5.69 Å². The number of nitro groups is 1. The van der Waals surface area contributed by atoms with E-state index in [1.165, 1.54) is 6.07 Å². The molecule has 1 unspecified atom stereocenters. The molecule has 0 spiro atoms. The number of rotatable bonds is 4. The van der Waals surface area contributed by atoms with Gasteiger partial charge in [0.25, 0.3) is 5.69 Å². The minimum absolute atomic E-state index is 0.0135. The third-order valence-corrected chi connectivity index (χ3v) is 5.87. The van der Waals surface area contributed by atoms with E-state index in [4.69, 9.17) is 8.73 Å². The summed E-state index contributed by atoms with van der Waals surface area (Å²) in [6.07, 6.45) is 1.94. The summed E-state index contributed by atoms with van der Waals surface area (Å²) in [4.78, 5) is 11.9. The molecule has 0 aliphatic rings. The first-order valence-corrected chi connectivity index (χ1v) is 9.62. The van der Waals surface area contributed by atoms with Gasteiger partial charge in [-0.15, -0.1) is 0 Å². The van der Waals surface area contributed by atoms with Crippen molar-refractivity contribution in [3.63, 3.8) is 0 Å². The highest BCUT2D eigenvalue weighted by Crippen LogP contribution is 2.31. The fraction of sp³-hybridized carbons (Fsp3) is 0.0526. The second-order valence-corrected chi connectivity index (χ2v) is 7.91. The van der Waals surface area contributed by atoms with Gasteiger partial charge in [0, 0.05) is 17.2 Å². The van der Waals surface area contributed by atoms with E-state index < -0.39 is 14.5 Å². The summed E-state index contributed by atoms with van der Waals surface area (Å²) < 4.78 is 9.60. The zero-order valence-electron chi connectivity index (χ0n) is 13.6. The number of nitrogens with zero attached hydrogens (tertiary/aromatic N) is 3. The lowest BCUT2D eigenvalue weighted by Gasteiger charge is -2.12. The van der Waals surface area contributed by atoms with E-state index in [0.717, 1.165) is 10.6 Å². The maximum absolute atomic E-state index is 11.3. The first-order chi connectivity index (χ1) is 12.1. The SMILES string of the molecule is CS(=Nc1ccccc1)(=Nc1ccccc1[N+](=O)[O-])c1ccccc1. The molecule has 0 fully saturated rings. The van der Waals surface area contributed by atoms with E-state index >= 15 is 0 Å². The van der Waals surface area contributed by atoms with Crippen molar-refractivity contribution in [1.82, 2.24) is 0 Å². The molecule has 0 N–H and O–H groups in total. The van der Waals surface area contributed by atoms with Gasteiger partial charge in [-0.3, -0.25) is 10.1 Å². The van der Waals surface area contributed by atoms with Crippen molar-refractivity contribution in [1.29, 1.82) is 0 Å². The number of para-hydroxylation sites is 1. The van der Waals surface area contributed by atoms with Crippen molar-refractivity contribution < 1.29 is 4.92 Å². The lowest BCUT2D eigenvalue weighted by atomic mass is 10.3. The summed E-state index contributed by atoms with van der Waals surface area (Å²) in [6.45, 7) is 0. The fourth-order valence-electron chi connectivity index (χ4n) is 2.39. The van der Waals surface area contributed by atoms with Crippen LogP contribution in [0.5, 0.6) is 0 Å². The minimum atomic E-state index is -2.03. The number of nitro benzene ring substituents is 1. The third kappa shape index (κ3) is 3.92. The van der Waals surface area contributed by atoms with Gasteiger partial charge >= 0.3 is 0 Å². The largest absolute Gasteiger partial charge is 0.295 e. The predicted octanol–water partition coefficient (Wildman–Crippen LogP) is 5.77. The lowest BCUT2D eigenvalue weighted by molar-refractivity contribution is -0.384. The van der Waals surface area contributed by atoms with E-state index in [0.29, 0.717) is 5.69 Å². The van der Waals surface area contributed by atoms with Gasteiger partial charge < -0.3 is 0 Å². The standard InChI is InChI=1S/C19H17N3O2S/c1-25(17-12-6-3-7-13-17,20-16-10-4-2-5-11-16)21-18-14-8-9-15-19(18)22(23)24/h2-15H,1H3. The van der Waals surface area contributed by atoms with Crippen LogP contribution in [0.25, 0.3) is 0 Å². The molecule has 0 aromatic heterocycles. The van der Waals surface area contributed by atoms with E-state index in [2.05, 4.69) is 0 Å². The molecule has 6 heteroatoms. The first-order valence-electron chi connectivity index (χ1n) is 7.66. The Labute approximate surface area is 146 Å². The molecular formula is C19H17N3O2S. The average Bonchev–Trinajstić information content (AvgIpc) is 2.63. The highest BCUT2D eigenvalue weighted by atomic mass is 32.2. The zero-order valence-corrected chi connectivity index (χ0v) is 14.5. The summed E-state index contributed by atoms with van der Waals surface area (Å²) in [6, 6.07) is 25.8. The monoisotopic (exact) mass is 351 g/mol. The van der Waals surface area contributed by atoms with Gasteiger partial charge in [-0.05, 0) is 40.0 Å². The Hall–Kier alpha value is -2.99. The van der Waals surface area contributed by atoms with E-state index in [1.807, 2.05) is 66.9 Å². The van der Waals surface area contributed by atoms with Gasteiger partial charge in [-0.25, -0.2) is 8.73 Å². The molecule has 3 aromatic carbocycles. The minimum Gasteiger partial charge on any atom is -0.258 e. The van der Waals surface area contributed by atoms with Gasteiger partial charge in [-0.2, -0.15) is 0 Å². The predicted molar refractivity (Wildman–Crippen MR) is 102 cm³/mol. The van der Waals surface area contributed by atoms with Gasteiger partial charge in [0.05, 0.1) is 10.6 Å². The molecule has 5 nitrogen and oxygen atoms in total. The topological polar surface area (TPSA) is 67.9 Å². The maximum atomic E-state index is 11.3. The van der Waals surface area contributed by atoms with Crippen molar-refractivity contribution in [2.45, 2.75) is 4.90 Å². The molecule has 0 bridgehead atoms. The van der Waals surface area contributed by atoms with Gasteiger partial charge in [0.15, 0.2) is 0 Å². The average molecular weight is 351 g/mol. The highest BCUT2D eigenvalue weighted by Gasteiger charge is 2.14. The van der Waals surface area contributed by atoms with Crippen molar-refractivity contribution in [3.8, 4) is 0 Å². The van der Waals surface area contributed by atoms with Crippen LogP contribution in [0.1, 0.15) is 0 Å². The molecule has 126 valence electrons. The molecule has 0 radical (unpaired) electrons. The second kappa shape index (κ2) is 7.27. The van der Waals surface area contributed by atoms with E-state index in [9.17, 15) is 10.1 Å². The molecule has 0 aliphatic heterocycles. The van der Waals surface area contributed by atoms with Crippen molar-refractivity contribution in [3.05, 3.63) is 95.0 Å². The molecule has 25 heavy (non-hydrogen) atoms. The Morgan fingerprint density at radius 3 is 2.00 bits per heavy atom. The van der Waals surface area contributed by atoms with Crippen LogP contribution in [0, 0.1) is 10.1 Å². The Kier molecular flexibility index (Phi) is 4.90.